The standard InChI is InChI=1S/C7H10F2/c1-7(2)4-5(7)3-6(8)9/h3,5H,4H2,1-2H3. The Hall–Kier alpha value is -0.400. The summed E-state index contributed by atoms with van der Waals surface area (Å²) in [5.41, 5.74) is 0.142. The fourth-order valence-electron chi connectivity index (χ4n) is 0.944. The van der Waals surface area contributed by atoms with Crippen LogP contribution in [0.25, 0.3) is 0 Å². The van der Waals surface area contributed by atoms with Gasteiger partial charge >= 0.3 is 0 Å². The monoisotopic (exact) mass is 132 g/mol. The van der Waals surface area contributed by atoms with Crippen LogP contribution < -0.4 is 0 Å². The highest BCUT2D eigenvalue weighted by atomic mass is 19.3. The second kappa shape index (κ2) is 1.79. The van der Waals surface area contributed by atoms with Gasteiger partial charge in [-0.15, -0.1) is 0 Å². The fourth-order valence-corrected chi connectivity index (χ4v) is 0.944. The highest BCUT2D eigenvalue weighted by Gasteiger charge is 2.44. The molecule has 0 amide bonds. The van der Waals surface area contributed by atoms with Crippen molar-refractivity contribution in [3.05, 3.63) is 12.2 Å². The van der Waals surface area contributed by atoms with E-state index in [0.29, 0.717) is 0 Å². The van der Waals surface area contributed by atoms with E-state index in [1.165, 1.54) is 0 Å². The Morgan fingerprint density at radius 1 is 1.56 bits per heavy atom. The van der Waals surface area contributed by atoms with Crippen LogP contribution in [0.3, 0.4) is 0 Å². The van der Waals surface area contributed by atoms with Gasteiger partial charge in [-0.05, 0) is 23.8 Å². The first-order chi connectivity index (χ1) is 4.02. The van der Waals surface area contributed by atoms with Gasteiger partial charge in [-0.2, -0.15) is 8.78 Å². The first kappa shape index (κ1) is 6.72. The summed E-state index contributed by atoms with van der Waals surface area (Å²) in [4.78, 5) is 0. The Morgan fingerprint density at radius 2 is 2.00 bits per heavy atom. The van der Waals surface area contributed by atoms with Crippen LogP contribution >= 0.6 is 0 Å². The van der Waals surface area contributed by atoms with Gasteiger partial charge in [-0.3, -0.25) is 0 Å². The zero-order valence-corrected chi connectivity index (χ0v) is 5.62. The average Bonchev–Trinajstić information content (AvgIpc) is 2.10. The van der Waals surface area contributed by atoms with Crippen LogP contribution in [-0.2, 0) is 0 Å². The number of allylic oxidation sites excluding steroid dienone is 1. The van der Waals surface area contributed by atoms with Crippen molar-refractivity contribution in [3.63, 3.8) is 0 Å². The summed E-state index contributed by atoms with van der Waals surface area (Å²) in [6, 6.07) is 0. The van der Waals surface area contributed by atoms with Crippen molar-refractivity contribution in [1.82, 2.24) is 0 Å². The van der Waals surface area contributed by atoms with Crippen LogP contribution in [0.1, 0.15) is 20.3 Å². The summed E-state index contributed by atoms with van der Waals surface area (Å²) < 4.78 is 23.1. The van der Waals surface area contributed by atoms with Gasteiger partial charge < -0.3 is 0 Å². The van der Waals surface area contributed by atoms with Gasteiger partial charge in [0, 0.05) is 0 Å². The molecule has 0 nitrogen and oxygen atoms in total. The summed E-state index contributed by atoms with van der Waals surface area (Å²) in [6.45, 7) is 3.99. The molecular formula is C7H10F2. The second-order valence-corrected chi connectivity index (χ2v) is 3.26. The predicted octanol–water partition coefficient (Wildman–Crippen LogP) is 2.81. The molecule has 1 aliphatic carbocycles. The lowest BCUT2D eigenvalue weighted by Gasteiger charge is -1.94. The molecule has 1 fully saturated rings. The Labute approximate surface area is 53.6 Å². The van der Waals surface area contributed by atoms with E-state index in [4.69, 9.17) is 0 Å². The van der Waals surface area contributed by atoms with Crippen molar-refractivity contribution in [2.24, 2.45) is 11.3 Å². The van der Waals surface area contributed by atoms with Crippen molar-refractivity contribution in [3.8, 4) is 0 Å². The lowest BCUT2D eigenvalue weighted by atomic mass is 10.1. The van der Waals surface area contributed by atoms with E-state index >= 15 is 0 Å². The predicted molar refractivity (Wildman–Crippen MR) is 32.2 cm³/mol. The van der Waals surface area contributed by atoms with Gasteiger partial charge in [-0.25, -0.2) is 0 Å². The van der Waals surface area contributed by atoms with Gasteiger partial charge in [-0.1, -0.05) is 13.8 Å². The van der Waals surface area contributed by atoms with E-state index < -0.39 is 6.08 Å². The average molecular weight is 132 g/mol. The number of halogens is 2. The van der Waals surface area contributed by atoms with Crippen LogP contribution in [0, 0.1) is 11.3 Å². The molecule has 1 rings (SSSR count). The normalized spacial score (nSPS) is 29.6. The molecule has 1 atom stereocenters. The molecule has 9 heavy (non-hydrogen) atoms. The molecular weight excluding hydrogens is 122 g/mol. The molecule has 2 heteroatoms. The Kier molecular flexibility index (Phi) is 1.34. The first-order valence-electron chi connectivity index (χ1n) is 3.05. The van der Waals surface area contributed by atoms with Crippen molar-refractivity contribution < 1.29 is 8.78 Å². The zero-order chi connectivity index (χ0) is 7.07. The molecule has 52 valence electrons. The van der Waals surface area contributed by atoms with Crippen molar-refractivity contribution in [2.45, 2.75) is 20.3 Å². The van der Waals surface area contributed by atoms with Crippen molar-refractivity contribution in [2.75, 3.05) is 0 Å². The first-order valence-corrected chi connectivity index (χ1v) is 3.05. The molecule has 0 heterocycles. The van der Waals surface area contributed by atoms with E-state index in [0.717, 1.165) is 12.5 Å². The van der Waals surface area contributed by atoms with Crippen LogP contribution in [0.15, 0.2) is 12.2 Å². The van der Waals surface area contributed by atoms with Crippen LogP contribution in [-0.4, -0.2) is 0 Å². The minimum absolute atomic E-state index is 0.127. The number of rotatable bonds is 1. The number of hydrogen-bond donors (Lipinski definition) is 0. The smallest absolute Gasteiger partial charge is 0.174 e. The van der Waals surface area contributed by atoms with E-state index in [1.54, 1.807) is 0 Å². The van der Waals surface area contributed by atoms with Crippen LogP contribution in [0.2, 0.25) is 0 Å². The quantitative estimate of drug-likeness (QED) is 0.514. The van der Waals surface area contributed by atoms with Crippen LogP contribution in [0.5, 0.6) is 0 Å². The minimum Gasteiger partial charge on any atom is -0.174 e. The molecule has 0 radical (unpaired) electrons. The lowest BCUT2D eigenvalue weighted by Crippen LogP contribution is -1.85. The van der Waals surface area contributed by atoms with Crippen molar-refractivity contribution in [1.29, 1.82) is 0 Å². The zero-order valence-electron chi connectivity index (χ0n) is 5.62. The molecule has 1 aliphatic rings. The Bertz CT molecular complexity index is 143. The van der Waals surface area contributed by atoms with Gasteiger partial charge in [0.15, 0.2) is 0 Å². The third-order valence-electron chi connectivity index (χ3n) is 1.92. The summed E-state index contributed by atoms with van der Waals surface area (Å²) in [5, 5.41) is 0. The molecule has 1 unspecified atom stereocenters. The minimum atomic E-state index is -1.54. The van der Waals surface area contributed by atoms with Crippen molar-refractivity contribution >= 4 is 0 Å². The highest BCUT2D eigenvalue weighted by Crippen LogP contribution is 2.52. The topological polar surface area (TPSA) is 0 Å². The molecule has 0 aromatic carbocycles. The van der Waals surface area contributed by atoms with Gasteiger partial charge in [0.2, 0.25) is 0 Å². The fraction of sp³-hybridized carbons (Fsp3) is 0.714. The van der Waals surface area contributed by atoms with Crippen LogP contribution in [0.4, 0.5) is 8.78 Å². The SMILES string of the molecule is CC1(C)CC1C=C(F)F. The van der Waals surface area contributed by atoms with E-state index in [9.17, 15) is 8.78 Å². The largest absolute Gasteiger partial charge is 0.266 e. The van der Waals surface area contributed by atoms with E-state index in [2.05, 4.69) is 0 Å². The molecule has 0 N–H and O–H groups in total. The highest BCUT2D eigenvalue weighted by molar-refractivity contribution is 5.07. The molecule has 1 saturated carbocycles. The maximum absolute atomic E-state index is 11.5. The van der Waals surface area contributed by atoms with E-state index in [1.807, 2.05) is 13.8 Å². The van der Waals surface area contributed by atoms with E-state index in [-0.39, 0.29) is 11.3 Å². The summed E-state index contributed by atoms with van der Waals surface area (Å²) in [6.07, 6.45) is 0.426. The third kappa shape index (κ3) is 1.50. The molecule has 0 bridgehead atoms. The maximum atomic E-state index is 11.5. The third-order valence-corrected chi connectivity index (χ3v) is 1.92. The molecule has 0 saturated heterocycles. The van der Waals surface area contributed by atoms with Gasteiger partial charge in [0.25, 0.3) is 6.08 Å². The second-order valence-electron chi connectivity index (χ2n) is 3.26. The summed E-state index contributed by atoms with van der Waals surface area (Å²) >= 11 is 0. The van der Waals surface area contributed by atoms with Gasteiger partial charge in [0.05, 0.1) is 0 Å². The number of hydrogen-bond acceptors (Lipinski definition) is 0. The summed E-state index contributed by atoms with van der Waals surface area (Å²) in [7, 11) is 0. The van der Waals surface area contributed by atoms with Gasteiger partial charge in [0.1, 0.15) is 0 Å². The molecule has 0 aromatic rings. The molecule has 0 aliphatic heterocycles. The molecule has 0 spiro atoms. The Morgan fingerprint density at radius 3 is 2.11 bits per heavy atom. The Balaban J connectivity index is 2.45. The lowest BCUT2D eigenvalue weighted by molar-refractivity contribution is 0.412. The molecule has 0 aromatic heterocycles. The maximum Gasteiger partial charge on any atom is 0.266 e. The summed E-state index contributed by atoms with van der Waals surface area (Å²) in [5.74, 6) is 0.127.